The van der Waals surface area contributed by atoms with Gasteiger partial charge in [0.2, 0.25) is 0 Å². The Hall–Kier alpha value is -1.26. The highest BCUT2D eigenvalue weighted by atomic mass is 35.5. The van der Waals surface area contributed by atoms with Crippen molar-refractivity contribution in [3.8, 4) is 0 Å². The van der Waals surface area contributed by atoms with E-state index in [1.54, 1.807) is 12.1 Å². The lowest BCUT2D eigenvalue weighted by atomic mass is 9.84. The van der Waals surface area contributed by atoms with Crippen molar-refractivity contribution in [2.24, 2.45) is 5.92 Å². The molecule has 4 nitrogen and oxygen atoms in total. The van der Waals surface area contributed by atoms with E-state index < -0.39 is 5.97 Å². The number of likely N-dealkylation sites (tertiary alicyclic amines) is 1. The third kappa shape index (κ3) is 2.87. The molecule has 2 aliphatic heterocycles. The van der Waals surface area contributed by atoms with Crippen LogP contribution < -0.4 is 4.90 Å². The molecule has 1 aromatic carbocycles. The maximum atomic E-state index is 11.0. The van der Waals surface area contributed by atoms with E-state index in [9.17, 15) is 4.79 Å². The summed E-state index contributed by atoms with van der Waals surface area (Å²) in [5.74, 6) is -0.269. The Morgan fingerprint density at radius 3 is 2.86 bits per heavy atom. The minimum absolute atomic E-state index is 0.174. The van der Waals surface area contributed by atoms with Gasteiger partial charge in [0.1, 0.15) is 0 Å². The van der Waals surface area contributed by atoms with E-state index in [4.69, 9.17) is 16.7 Å². The second kappa shape index (κ2) is 5.85. The van der Waals surface area contributed by atoms with Gasteiger partial charge in [0, 0.05) is 24.8 Å². The Kier molecular flexibility index (Phi) is 4.09. The fourth-order valence-corrected chi connectivity index (χ4v) is 4.02. The molecule has 2 atom stereocenters. The van der Waals surface area contributed by atoms with Crippen LogP contribution in [0.25, 0.3) is 0 Å². The monoisotopic (exact) mass is 308 g/mol. The van der Waals surface area contributed by atoms with Crippen LogP contribution in [0, 0.1) is 5.92 Å². The van der Waals surface area contributed by atoms with Gasteiger partial charge in [-0.05, 0) is 57.0 Å². The van der Waals surface area contributed by atoms with E-state index in [-0.39, 0.29) is 5.56 Å². The van der Waals surface area contributed by atoms with Crippen molar-refractivity contribution in [2.75, 3.05) is 31.6 Å². The Balaban J connectivity index is 1.76. The first-order chi connectivity index (χ1) is 10.1. The average molecular weight is 309 g/mol. The Labute approximate surface area is 130 Å². The van der Waals surface area contributed by atoms with Crippen LogP contribution in [0.3, 0.4) is 0 Å². The SMILES string of the molecule is CN1CCCC2CN(c3ccc(C(=O)O)c(Cl)c3)CCC21. The summed E-state index contributed by atoms with van der Waals surface area (Å²) in [5.41, 5.74) is 1.21. The van der Waals surface area contributed by atoms with Gasteiger partial charge in [-0.15, -0.1) is 0 Å². The van der Waals surface area contributed by atoms with Crippen molar-refractivity contribution in [3.63, 3.8) is 0 Å². The lowest BCUT2D eigenvalue weighted by Crippen LogP contribution is -2.52. The standard InChI is InChI=1S/C16H21ClN2O2/c1-18-7-2-3-11-10-19(8-6-15(11)18)12-4-5-13(16(20)21)14(17)9-12/h4-5,9,11,15H,2-3,6-8,10H2,1H3,(H,20,21). The molecule has 2 saturated heterocycles. The molecule has 3 rings (SSSR count). The number of anilines is 1. The van der Waals surface area contributed by atoms with Crippen LogP contribution in [0.1, 0.15) is 29.6 Å². The molecule has 0 spiro atoms. The maximum Gasteiger partial charge on any atom is 0.337 e. The van der Waals surface area contributed by atoms with Crippen LogP contribution in [-0.4, -0.2) is 48.7 Å². The number of fused-ring (bicyclic) bond motifs is 1. The van der Waals surface area contributed by atoms with Crippen molar-refractivity contribution in [2.45, 2.75) is 25.3 Å². The number of rotatable bonds is 2. The van der Waals surface area contributed by atoms with Gasteiger partial charge < -0.3 is 14.9 Å². The lowest BCUT2D eigenvalue weighted by molar-refractivity contribution is 0.0697. The number of halogens is 1. The Bertz CT molecular complexity index is 549. The number of nitrogens with zero attached hydrogens (tertiary/aromatic N) is 2. The second-order valence-corrected chi connectivity index (χ2v) is 6.56. The van der Waals surface area contributed by atoms with Gasteiger partial charge >= 0.3 is 5.97 Å². The summed E-state index contributed by atoms with van der Waals surface area (Å²) in [4.78, 5) is 15.9. The zero-order valence-corrected chi connectivity index (χ0v) is 13.0. The molecule has 2 fully saturated rings. The van der Waals surface area contributed by atoms with Gasteiger partial charge in [-0.2, -0.15) is 0 Å². The Morgan fingerprint density at radius 2 is 2.14 bits per heavy atom. The van der Waals surface area contributed by atoms with Gasteiger partial charge in [0.15, 0.2) is 0 Å². The molecule has 0 aromatic heterocycles. The number of aromatic carboxylic acids is 1. The number of carboxylic acid groups (broad SMARTS) is 1. The fraction of sp³-hybridized carbons (Fsp3) is 0.562. The van der Waals surface area contributed by atoms with E-state index in [1.165, 1.54) is 25.8 Å². The predicted octanol–water partition coefficient (Wildman–Crippen LogP) is 2.96. The van der Waals surface area contributed by atoms with Crippen LogP contribution in [0.15, 0.2) is 18.2 Å². The molecule has 0 aliphatic carbocycles. The summed E-state index contributed by atoms with van der Waals surface area (Å²) in [6.45, 7) is 3.26. The zero-order chi connectivity index (χ0) is 15.0. The summed E-state index contributed by atoms with van der Waals surface area (Å²) in [7, 11) is 2.23. The summed E-state index contributed by atoms with van der Waals surface area (Å²) in [6.07, 6.45) is 3.72. The first-order valence-corrected chi connectivity index (χ1v) is 7.92. The van der Waals surface area contributed by atoms with Crippen LogP contribution in [0.4, 0.5) is 5.69 Å². The summed E-state index contributed by atoms with van der Waals surface area (Å²) >= 11 is 6.09. The molecule has 2 heterocycles. The molecule has 21 heavy (non-hydrogen) atoms. The predicted molar refractivity (Wildman–Crippen MR) is 84.4 cm³/mol. The minimum Gasteiger partial charge on any atom is -0.478 e. The molecule has 2 unspecified atom stereocenters. The number of carboxylic acids is 1. The number of piperidine rings is 2. The third-order valence-corrected chi connectivity index (χ3v) is 5.21. The molecule has 2 aliphatic rings. The molecule has 5 heteroatoms. The molecular formula is C16H21ClN2O2. The summed E-state index contributed by atoms with van der Waals surface area (Å²) in [6, 6.07) is 5.97. The average Bonchev–Trinajstić information content (AvgIpc) is 2.46. The highest BCUT2D eigenvalue weighted by Crippen LogP contribution is 2.33. The highest BCUT2D eigenvalue weighted by molar-refractivity contribution is 6.33. The maximum absolute atomic E-state index is 11.0. The first-order valence-electron chi connectivity index (χ1n) is 7.54. The van der Waals surface area contributed by atoms with Gasteiger partial charge in [-0.1, -0.05) is 11.6 Å². The van der Waals surface area contributed by atoms with E-state index in [1.807, 2.05) is 6.07 Å². The van der Waals surface area contributed by atoms with E-state index in [0.717, 1.165) is 18.8 Å². The van der Waals surface area contributed by atoms with Crippen LogP contribution in [0.5, 0.6) is 0 Å². The molecule has 0 saturated carbocycles. The molecule has 1 aromatic rings. The van der Waals surface area contributed by atoms with Crippen molar-refractivity contribution >= 4 is 23.3 Å². The molecule has 0 amide bonds. The zero-order valence-electron chi connectivity index (χ0n) is 12.3. The van der Waals surface area contributed by atoms with Crippen LogP contribution in [0.2, 0.25) is 5.02 Å². The number of benzene rings is 1. The van der Waals surface area contributed by atoms with Crippen molar-refractivity contribution in [1.82, 2.24) is 4.90 Å². The minimum atomic E-state index is -0.973. The molecular weight excluding hydrogens is 288 g/mol. The quantitative estimate of drug-likeness (QED) is 0.912. The van der Waals surface area contributed by atoms with Gasteiger partial charge in [-0.25, -0.2) is 4.79 Å². The van der Waals surface area contributed by atoms with Crippen molar-refractivity contribution in [3.05, 3.63) is 28.8 Å². The highest BCUT2D eigenvalue weighted by Gasteiger charge is 2.34. The van der Waals surface area contributed by atoms with Crippen LogP contribution >= 0.6 is 11.6 Å². The second-order valence-electron chi connectivity index (χ2n) is 6.15. The molecule has 114 valence electrons. The topological polar surface area (TPSA) is 43.8 Å². The van der Waals surface area contributed by atoms with Crippen molar-refractivity contribution in [1.29, 1.82) is 0 Å². The summed E-state index contributed by atoms with van der Waals surface area (Å²) in [5, 5.41) is 9.37. The van der Waals surface area contributed by atoms with Gasteiger partial charge in [-0.3, -0.25) is 0 Å². The summed E-state index contributed by atoms with van der Waals surface area (Å²) < 4.78 is 0. The fourth-order valence-electron chi connectivity index (χ4n) is 3.76. The normalized spacial score (nSPS) is 26.5. The number of carbonyl (C=O) groups is 1. The smallest absolute Gasteiger partial charge is 0.337 e. The molecule has 0 radical (unpaired) electrons. The largest absolute Gasteiger partial charge is 0.478 e. The van der Waals surface area contributed by atoms with Gasteiger partial charge in [0.05, 0.1) is 10.6 Å². The molecule has 1 N–H and O–H groups in total. The van der Waals surface area contributed by atoms with Crippen LogP contribution in [-0.2, 0) is 0 Å². The van der Waals surface area contributed by atoms with E-state index in [2.05, 4.69) is 16.8 Å². The third-order valence-electron chi connectivity index (χ3n) is 4.89. The van der Waals surface area contributed by atoms with E-state index >= 15 is 0 Å². The van der Waals surface area contributed by atoms with E-state index in [0.29, 0.717) is 17.0 Å². The number of hydrogen-bond acceptors (Lipinski definition) is 3. The molecule has 0 bridgehead atoms. The van der Waals surface area contributed by atoms with Crippen molar-refractivity contribution < 1.29 is 9.90 Å². The Morgan fingerprint density at radius 1 is 1.33 bits per heavy atom. The first kappa shape index (κ1) is 14.7. The number of hydrogen-bond donors (Lipinski definition) is 1. The van der Waals surface area contributed by atoms with Gasteiger partial charge in [0.25, 0.3) is 0 Å². The lowest BCUT2D eigenvalue weighted by Gasteiger charge is -2.46.